The molecule has 0 atom stereocenters. The van der Waals surface area contributed by atoms with E-state index in [1.54, 1.807) is 0 Å². The van der Waals surface area contributed by atoms with Gasteiger partial charge in [0.05, 0.1) is 0 Å². The Kier molecular flexibility index (Phi) is 5.41. The number of nitrogens with zero attached hydrogens (tertiary/aromatic N) is 3. The fourth-order valence-corrected chi connectivity index (χ4v) is 8.03. The molecule has 0 bridgehead atoms. The number of aromatic nitrogens is 3. The second kappa shape index (κ2) is 9.40. The van der Waals surface area contributed by atoms with Gasteiger partial charge in [0.15, 0.2) is 17.5 Å². The van der Waals surface area contributed by atoms with E-state index in [9.17, 15) is 0 Å². The number of hydrogen-bond donors (Lipinski definition) is 0. The lowest BCUT2D eigenvalue weighted by molar-refractivity contribution is 0.660. The maximum atomic E-state index is 5.18. The third-order valence-electron chi connectivity index (χ3n) is 9.13. The van der Waals surface area contributed by atoms with Crippen molar-refractivity contribution in [1.29, 1.82) is 0 Å². The van der Waals surface area contributed by atoms with E-state index in [0.717, 1.165) is 22.1 Å². The molecule has 0 amide bonds. The van der Waals surface area contributed by atoms with Gasteiger partial charge in [-0.25, -0.2) is 15.0 Å². The molecule has 1 aliphatic carbocycles. The van der Waals surface area contributed by atoms with Crippen LogP contribution in [0.15, 0.2) is 127 Å². The first-order valence-corrected chi connectivity index (χ1v) is 15.8. The summed E-state index contributed by atoms with van der Waals surface area (Å²) in [7, 11) is 0. The molecule has 0 fully saturated rings. The fraction of sp³-hybridized carbons (Fsp3) is 0.0750. The van der Waals surface area contributed by atoms with E-state index in [1.807, 2.05) is 29.5 Å². The lowest BCUT2D eigenvalue weighted by Gasteiger charge is -2.21. The van der Waals surface area contributed by atoms with Gasteiger partial charge in [-0.3, -0.25) is 0 Å². The zero-order valence-electron chi connectivity index (χ0n) is 24.4. The predicted octanol–water partition coefficient (Wildman–Crippen LogP) is 10.7. The fourth-order valence-electron chi connectivity index (χ4n) is 6.89. The molecule has 0 aliphatic heterocycles. The third kappa shape index (κ3) is 3.78. The van der Waals surface area contributed by atoms with E-state index in [0.29, 0.717) is 17.5 Å². The molecule has 0 saturated carbocycles. The van der Waals surface area contributed by atoms with Crippen molar-refractivity contribution in [1.82, 2.24) is 15.0 Å². The molecule has 0 unspecified atom stereocenters. The first-order chi connectivity index (χ1) is 21.5. The van der Waals surface area contributed by atoms with Gasteiger partial charge in [0.1, 0.15) is 0 Å². The monoisotopic (exact) mass is 581 g/mol. The van der Waals surface area contributed by atoms with Crippen LogP contribution < -0.4 is 0 Å². The highest BCUT2D eigenvalue weighted by Crippen LogP contribution is 2.49. The van der Waals surface area contributed by atoms with Crippen molar-refractivity contribution in [3.05, 3.63) is 139 Å². The van der Waals surface area contributed by atoms with Gasteiger partial charge in [-0.2, -0.15) is 0 Å². The van der Waals surface area contributed by atoms with Crippen LogP contribution in [0.4, 0.5) is 0 Å². The van der Waals surface area contributed by atoms with E-state index in [-0.39, 0.29) is 5.41 Å². The maximum absolute atomic E-state index is 5.18. The summed E-state index contributed by atoms with van der Waals surface area (Å²) in [5.74, 6) is 2.03. The van der Waals surface area contributed by atoms with Crippen LogP contribution in [0, 0.1) is 0 Å². The molecule has 4 heteroatoms. The molecular weight excluding hydrogens is 555 g/mol. The summed E-state index contributed by atoms with van der Waals surface area (Å²) in [6.07, 6.45) is 0. The molecule has 208 valence electrons. The molecule has 44 heavy (non-hydrogen) atoms. The van der Waals surface area contributed by atoms with Gasteiger partial charge in [-0.1, -0.05) is 117 Å². The van der Waals surface area contributed by atoms with Crippen LogP contribution in [-0.2, 0) is 5.41 Å². The van der Waals surface area contributed by atoms with Crippen LogP contribution in [0.3, 0.4) is 0 Å². The Bertz CT molecular complexity index is 2420. The summed E-state index contributed by atoms with van der Waals surface area (Å²) in [5, 5.41) is 4.88. The van der Waals surface area contributed by atoms with Gasteiger partial charge >= 0.3 is 0 Å². The summed E-state index contributed by atoms with van der Waals surface area (Å²) < 4.78 is 2.59. The first-order valence-electron chi connectivity index (χ1n) is 15.0. The molecule has 3 nitrogen and oxygen atoms in total. The summed E-state index contributed by atoms with van der Waals surface area (Å²) in [6.45, 7) is 4.61. The molecule has 0 saturated heterocycles. The van der Waals surface area contributed by atoms with E-state index in [2.05, 4.69) is 123 Å². The van der Waals surface area contributed by atoms with Crippen molar-refractivity contribution < 1.29 is 0 Å². The second-order valence-corrected chi connectivity index (χ2v) is 13.2. The standard InChI is InChI=1S/C40H27N3S/c1-40(2)33-17-8-6-14-27(33)31-21-26(19-20-34(31)40)38-41-37(24-11-4-3-5-12-24)42-39(43-38)29-16-10-13-25-22-36-32(23-30(25)29)28-15-7-9-18-35(28)44-36/h3-23H,1-2H3. The van der Waals surface area contributed by atoms with Crippen molar-refractivity contribution in [2.45, 2.75) is 19.3 Å². The first kappa shape index (κ1) is 25.3. The number of rotatable bonds is 3. The van der Waals surface area contributed by atoms with Gasteiger partial charge in [0.25, 0.3) is 0 Å². The van der Waals surface area contributed by atoms with Gasteiger partial charge in [-0.15, -0.1) is 11.3 Å². The molecule has 0 radical (unpaired) electrons. The van der Waals surface area contributed by atoms with Crippen LogP contribution in [0.25, 0.3) is 76.2 Å². The van der Waals surface area contributed by atoms with Crippen molar-refractivity contribution >= 4 is 42.3 Å². The molecule has 2 heterocycles. The molecule has 1 aliphatic rings. The Morgan fingerprint density at radius 1 is 0.455 bits per heavy atom. The van der Waals surface area contributed by atoms with Crippen LogP contribution in [0.5, 0.6) is 0 Å². The Morgan fingerprint density at radius 2 is 1.16 bits per heavy atom. The van der Waals surface area contributed by atoms with Crippen molar-refractivity contribution in [2.24, 2.45) is 0 Å². The minimum Gasteiger partial charge on any atom is -0.208 e. The molecule has 0 N–H and O–H groups in total. The van der Waals surface area contributed by atoms with Crippen LogP contribution in [0.1, 0.15) is 25.0 Å². The highest BCUT2D eigenvalue weighted by atomic mass is 32.1. The smallest absolute Gasteiger partial charge is 0.164 e. The molecule has 9 rings (SSSR count). The van der Waals surface area contributed by atoms with Gasteiger partial charge in [0, 0.05) is 42.3 Å². The SMILES string of the molecule is CC1(C)c2ccccc2-c2cc(-c3nc(-c4ccccc4)nc(-c4cccc5cc6sc7ccccc7c6cc45)n3)ccc21. The highest BCUT2D eigenvalue weighted by molar-refractivity contribution is 7.25. The number of fused-ring (bicyclic) bond motifs is 7. The molecular formula is C40H27N3S. The quantitative estimate of drug-likeness (QED) is 0.208. The minimum atomic E-state index is -0.0516. The Hall–Kier alpha value is -5.19. The average Bonchev–Trinajstić information content (AvgIpc) is 3.54. The highest BCUT2D eigenvalue weighted by Gasteiger charge is 2.35. The number of thiophene rings is 1. The largest absolute Gasteiger partial charge is 0.208 e. The van der Waals surface area contributed by atoms with Gasteiger partial charge in [-0.05, 0) is 57.3 Å². The summed E-state index contributed by atoms with van der Waals surface area (Å²) in [6, 6.07) is 45.3. The van der Waals surface area contributed by atoms with Crippen molar-refractivity contribution in [2.75, 3.05) is 0 Å². The zero-order valence-corrected chi connectivity index (χ0v) is 25.2. The normalized spacial score (nSPS) is 13.4. The van der Waals surface area contributed by atoms with Crippen LogP contribution in [0.2, 0.25) is 0 Å². The van der Waals surface area contributed by atoms with E-state index >= 15 is 0 Å². The Labute approximate surface area is 259 Å². The number of benzene rings is 6. The van der Waals surface area contributed by atoms with Crippen LogP contribution >= 0.6 is 11.3 Å². The lowest BCUT2D eigenvalue weighted by atomic mass is 9.82. The summed E-state index contributed by atoms with van der Waals surface area (Å²) >= 11 is 1.84. The molecule has 8 aromatic rings. The Morgan fingerprint density at radius 3 is 2.05 bits per heavy atom. The average molecular weight is 582 g/mol. The maximum Gasteiger partial charge on any atom is 0.164 e. The van der Waals surface area contributed by atoms with Gasteiger partial charge in [0.2, 0.25) is 0 Å². The summed E-state index contributed by atoms with van der Waals surface area (Å²) in [4.78, 5) is 15.3. The zero-order chi connectivity index (χ0) is 29.4. The summed E-state index contributed by atoms with van der Waals surface area (Å²) in [5.41, 5.74) is 8.14. The van der Waals surface area contributed by atoms with Crippen LogP contribution in [-0.4, -0.2) is 15.0 Å². The molecule has 0 spiro atoms. The second-order valence-electron chi connectivity index (χ2n) is 12.1. The van der Waals surface area contributed by atoms with Crippen molar-refractivity contribution in [3.8, 4) is 45.3 Å². The van der Waals surface area contributed by atoms with Crippen molar-refractivity contribution in [3.63, 3.8) is 0 Å². The molecule has 6 aromatic carbocycles. The predicted molar refractivity (Wildman–Crippen MR) is 184 cm³/mol. The Balaban J connectivity index is 1.28. The van der Waals surface area contributed by atoms with E-state index < -0.39 is 0 Å². The van der Waals surface area contributed by atoms with E-state index in [1.165, 1.54) is 47.8 Å². The van der Waals surface area contributed by atoms with E-state index in [4.69, 9.17) is 15.0 Å². The third-order valence-corrected chi connectivity index (χ3v) is 10.3. The van der Waals surface area contributed by atoms with Gasteiger partial charge < -0.3 is 0 Å². The number of hydrogen-bond acceptors (Lipinski definition) is 4. The molecule has 2 aromatic heterocycles. The topological polar surface area (TPSA) is 38.7 Å². The minimum absolute atomic E-state index is 0.0516. The lowest BCUT2D eigenvalue weighted by Crippen LogP contribution is -2.14.